The van der Waals surface area contributed by atoms with E-state index in [1.807, 2.05) is 30.3 Å². The minimum atomic E-state index is -0.519. The van der Waals surface area contributed by atoms with Crippen molar-refractivity contribution in [2.75, 3.05) is 30.9 Å². The van der Waals surface area contributed by atoms with Crippen molar-refractivity contribution >= 4 is 17.4 Å². The van der Waals surface area contributed by atoms with Crippen LogP contribution >= 0.6 is 0 Å². The lowest BCUT2D eigenvalue weighted by molar-refractivity contribution is 0.102. The second kappa shape index (κ2) is 8.86. The molecule has 0 aliphatic rings. The second-order valence-corrected chi connectivity index (χ2v) is 5.68. The van der Waals surface area contributed by atoms with Crippen LogP contribution in [-0.2, 0) is 4.74 Å². The predicted octanol–water partition coefficient (Wildman–Crippen LogP) is 3.59. The Bertz CT molecular complexity index is 919. The average molecular weight is 366 g/mol. The zero-order chi connectivity index (χ0) is 19.1. The summed E-state index contributed by atoms with van der Waals surface area (Å²) in [5.41, 5.74) is 0.996. The number of nitrogens with one attached hydrogen (secondary N) is 2. The third-order valence-corrected chi connectivity index (χ3v) is 3.73. The van der Waals surface area contributed by atoms with Crippen molar-refractivity contribution in [1.82, 2.24) is 9.97 Å². The van der Waals surface area contributed by atoms with Crippen LogP contribution in [0.1, 0.15) is 10.5 Å². The topological polar surface area (TPSA) is 76.1 Å². The molecule has 138 valence electrons. The number of hydrogen-bond donors (Lipinski definition) is 2. The molecule has 0 saturated heterocycles. The van der Waals surface area contributed by atoms with Gasteiger partial charge >= 0.3 is 0 Å². The first-order valence-electron chi connectivity index (χ1n) is 8.40. The van der Waals surface area contributed by atoms with Crippen LogP contribution in [0.5, 0.6) is 0 Å². The van der Waals surface area contributed by atoms with E-state index < -0.39 is 11.7 Å². The first-order chi connectivity index (χ1) is 13.2. The number of para-hydroxylation sites is 1. The minimum absolute atomic E-state index is 0.0938. The van der Waals surface area contributed by atoms with Gasteiger partial charge in [0.1, 0.15) is 17.3 Å². The predicted molar refractivity (Wildman–Crippen MR) is 102 cm³/mol. The number of amides is 1. The Morgan fingerprint density at radius 2 is 1.81 bits per heavy atom. The van der Waals surface area contributed by atoms with Crippen LogP contribution in [0.2, 0.25) is 0 Å². The zero-order valence-corrected chi connectivity index (χ0v) is 14.8. The first kappa shape index (κ1) is 18.5. The molecule has 6 nitrogen and oxygen atoms in total. The molecule has 2 N–H and O–H groups in total. The molecular formula is C20H19FN4O2. The van der Waals surface area contributed by atoms with Gasteiger partial charge in [0.05, 0.1) is 12.3 Å². The van der Waals surface area contributed by atoms with E-state index in [0.29, 0.717) is 24.8 Å². The van der Waals surface area contributed by atoms with E-state index in [-0.39, 0.29) is 11.4 Å². The number of anilines is 2. The summed E-state index contributed by atoms with van der Waals surface area (Å²) < 4.78 is 18.8. The van der Waals surface area contributed by atoms with Gasteiger partial charge in [0, 0.05) is 25.3 Å². The quantitative estimate of drug-likeness (QED) is 0.625. The molecule has 0 spiro atoms. The van der Waals surface area contributed by atoms with E-state index in [9.17, 15) is 9.18 Å². The number of nitrogens with zero attached hydrogens (tertiary/aromatic N) is 2. The summed E-state index contributed by atoms with van der Waals surface area (Å²) in [7, 11) is 1.60. The van der Waals surface area contributed by atoms with Crippen molar-refractivity contribution in [1.29, 1.82) is 0 Å². The number of carbonyl (C=O) groups excluding carboxylic acids is 1. The molecule has 7 heteroatoms. The highest BCUT2D eigenvalue weighted by Gasteiger charge is 2.14. The number of hydrogen-bond acceptors (Lipinski definition) is 5. The molecule has 27 heavy (non-hydrogen) atoms. The number of rotatable bonds is 7. The van der Waals surface area contributed by atoms with Gasteiger partial charge in [-0.05, 0) is 12.1 Å². The summed E-state index contributed by atoms with van der Waals surface area (Å²) in [6.45, 7) is 1.01. The lowest BCUT2D eigenvalue weighted by atomic mass is 10.2. The van der Waals surface area contributed by atoms with E-state index in [0.717, 1.165) is 5.56 Å². The molecule has 3 aromatic rings. The van der Waals surface area contributed by atoms with Gasteiger partial charge in [0.15, 0.2) is 5.82 Å². The molecular weight excluding hydrogens is 347 g/mol. The van der Waals surface area contributed by atoms with Crippen molar-refractivity contribution in [3.63, 3.8) is 0 Å². The van der Waals surface area contributed by atoms with E-state index in [1.165, 1.54) is 18.2 Å². The molecule has 3 rings (SSSR count). The maximum absolute atomic E-state index is 13.8. The van der Waals surface area contributed by atoms with Crippen molar-refractivity contribution in [3.8, 4) is 11.4 Å². The molecule has 0 atom stereocenters. The molecule has 1 heterocycles. The normalized spacial score (nSPS) is 10.4. The minimum Gasteiger partial charge on any atom is -0.383 e. The van der Waals surface area contributed by atoms with Crippen LogP contribution in [0.3, 0.4) is 0 Å². The first-order valence-corrected chi connectivity index (χ1v) is 8.40. The monoisotopic (exact) mass is 366 g/mol. The Morgan fingerprint density at radius 3 is 2.56 bits per heavy atom. The zero-order valence-electron chi connectivity index (χ0n) is 14.8. The van der Waals surface area contributed by atoms with Crippen molar-refractivity contribution in [2.45, 2.75) is 0 Å². The molecule has 1 amide bonds. The number of benzene rings is 2. The smallest absolute Gasteiger partial charge is 0.274 e. The lowest BCUT2D eigenvalue weighted by Gasteiger charge is -2.11. The van der Waals surface area contributed by atoms with E-state index >= 15 is 0 Å². The average Bonchev–Trinajstić information content (AvgIpc) is 2.70. The second-order valence-electron chi connectivity index (χ2n) is 5.68. The summed E-state index contributed by atoms with van der Waals surface area (Å²) in [5, 5.41) is 5.64. The molecule has 1 aromatic heterocycles. The molecule has 0 aliphatic carbocycles. The molecule has 0 aliphatic heterocycles. The maximum atomic E-state index is 13.8. The van der Waals surface area contributed by atoms with Gasteiger partial charge < -0.3 is 15.4 Å². The molecule has 2 aromatic carbocycles. The summed E-state index contributed by atoms with van der Waals surface area (Å²) in [6, 6.07) is 16.8. The summed E-state index contributed by atoms with van der Waals surface area (Å²) >= 11 is 0. The van der Waals surface area contributed by atoms with Crippen LogP contribution in [0.15, 0.2) is 60.7 Å². The van der Waals surface area contributed by atoms with E-state index in [1.54, 1.807) is 19.2 Å². The van der Waals surface area contributed by atoms with Crippen LogP contribution in [0.4, 0.5) is 15.9 Å². The Balaban J connectivity index is 1.91. The Hall–Kier alpha value is -3.32. The van der Waals surface area contributed by atoms with Crippen molar-refractivity contribution < 1.29 is 13.9 Å². The fraction of sp³-hybridized carbons (Fsp3) is 0.150. The van der Waals surface area contributed by atoms with Gasteiger partial charge in [-0.3, -0.25) is 4.79 Å². The fourth-order valence-electron chi connectivity index (χ4n) is 2.40. The number of methoxy groups -OCH3 is 1. The summed E-state index contributed by atoms with van der Waals surface area (Å²) in [5.74, 6) is -0.146. The van der Waals surface area contributed by atoms with Gasteiger partial charge in [0.2, 0.25) is 0 Å². The van der Waals surface area contributed by atoms with Crippen LogP contribution < -0.4 is 10.6 Å². The standard InChI is InChI=1S/C20H19FN4O2/c1-27-12-11-22-18-13-17(20(26)24-16-10-6-5-9-15(16)21)23-19(25-18)14-7-3-2-4-8-14/h2-10,13H,11-12H2,1H3,(H,24,26)(H,22,23,25). The molecule has 0 radical (unpaired) electrons. The van der Waals surface area contributed by atoms with Crippen LogP contribution in [0, 0.1) is 5.82 Å². The summed E-state index contributed by atoms with van der Waals surface area (Å²) in [4.78, 5) is 21.4. The van der Waals surface area contributed by atoms with Gasteiger partial charge in [-0.2, -0.15) is 0 Å². The highest BCUT2D eigenvalue weighted by Crippen LogP contribution is 2.19. The maximum Gasteiger partial charge on any atom is 0.274 e. The number of ether oxygens (including phenoxy) is 1. The van der Waals surface area contributed by atoms with Crippen molar-refractivity contribution in [2.24, 2.45) is 0 Å². The Labute approximate surface area is 156 Å². The van der Waals surface area contributed by atoms with Crippen LogP contribution in [-0.4, -0.2) is 36.1 Å². The van der Waals surface area contributed by atoms with Gasteiger partial charge in [0.25, 0.3) is 5.91 Å². The van der Waals surface area contributed by atoms with E-state index in [4.69, 9.17) is 4.74 Å². The highest BCUT2D eigenvalue weighted by atomic mass is 19.1. The third kappa shape index (κ3) is 4.86. The fourth-order valence-corrected chi connectivity index (χ4v) is 2.40. The third-order valence-electron chi connectivity index (χ3n) is 3.73. The number of aromatic nitrogens is 2. The molecule has 0 bridgehead atoms. The number of halogens is 1. The molecule has 0 saturated carbocycles. The SMILES string of the molecule is COCCNc1cc(C(=O)Nc2ccccc2F)nc(-c2ccccc2)n1. The van der Waals surface area contributed by atoms with Gasteiger partial charge in [-0.15, -0.1) is 0 Å². The largest absolute Gasteiger partial charge is 0.383 e. The van der Waals surface area contributed by atoms with E-state index in [2.05, 4.69) is 20.6 Å². The van der Waals surface area contributed by atoms with Crippen molar-refractivity contribution in [3.05, 3.63) is 72.2 Å². The summed E-state index contributed by atoms with van der Waals surface area (Å²) in [6.07, 6.45) is 0. The Morgan fingerprint density at radius 1 is 1.07 bits per heavy atom. The lowest BCUT2D eigenvalue weighted by Crippen LogP contribution is -2.17. The molecule has 0 fully saturated rings. The number of carbonyl (C=O) groups is 1. The highest BCUT2D eigenvalue weighted by molar-refractivity contribution is 6.03. The Kier molecular flexibility index (Phi) is 6.06. The molecule has 0 unspecified atom stereocenters. The van der Waals surface area contributed by atoms with Crippen LogP contribution in [0.25, 0.3) is 11.4 Å². The van der Waals surface area contributed by atoms with Gasteiger partial charge in [-0.25, -0.2) is 14.4 Å². The van der Waals surface area contributed by atoms with Gasteiger partial charge in [-0.1, -0.05) is 42.5 Å².